The first-order valence-corrected chi connectivity index (χ1v) is 7.45. The molecule has 0 N–H and O–H groups in total. The lowest BCUT2D eigenvalue weighted by atomic mass is 10.2. The minimum absolute atomic E-state index is 0.346. The van der Waals surface area contributed by atoms with Crippen LogP contribution in [0.2, 0.25) is 0 Å². The molecule has 6 nitrogen and oxygen atoms in total. The fraction of sp³-hybridized carbons (Fsp3) is 0.200. The van der Waals surface area contributed by atoms with Crippen LogP contribution in [0.15, 0.2) is 41.2 Å². The van der Waals surface area contributed by atoms with Crippen molar-refractivity contribution in [1.29, 1.82) is 0 Å². The van der Waals surface area contributed by atoms with Gasteiger partial charge in [0.2, 0.25) is 0 Å². The number of hydrogen-bond donors (Lipinski definition) is 0. The predicted octanol–water partition coefficient (Wildman–Crippen LogP) is 2.25. The van der Waals surface area contributed by atoms with Gasteiger partial charge >= 0.3 is 5.97 Å². The Morgan fingerprint density at radius 1 is 1.32 bits per heavy atom. The van der Waals surface area contributed by atoms with E-state index in [1.807, 2.05) is 30.3 Å². The highest BCUT2D eigenvalue weighted by atomic mass is 32.1. The van der Waals surface area contributed by atoms with Crippen molar-refractivity contribution in [1.82, 2.24) is 15.0 Å². The van der Waals surface area contributed by atoms with Crippen molar-refractivity contribution < 1.29 is 9.53 Å². The number of benzene rings is 1. The highest BCUT2D eigenvalue weighted by molar-refractivity contribution is 7.21. The molecule has 22 heavy (non-hydrogen) atoms. The Labute approximate surface area is 130 Å². The normalized spacial score (nSPS) is 12.3. The van der Waals surface area contributed by atoms with E-state index in [-0.39, 0.29) is 5.56 Å². The predicted molar refractivity (Wildman–Crippen MR) is 83.8 cm³/mol. The van der Waals surface area contributed by atoms with E-state index in [9.17, 15) is 9.59 Å². The van der Waals surface area contributed by atoms with Gasteiger partial charge in [-0.15, -0.1) is 16.4 Å². The van der Waals surface area contributed by atoms with Gasteiger partial charge in [-0.25, -0.2) is 4.79 Å². The van der Waals surface area contributed by atoms with Crippen LogP contribution in [0.3, 0.4) is 0 Å². The van der Waals surface area contributed by atoms with Gasteiger partial charge in [0.1, 0.15) is 0 Å². The smallest absolute Gasteiger partial charge is 0.330 e. The van der Waals surface area contributed by atoms with Crippen LogP contribution in [0.4, 0.5) is 0 Å². The zero-order valence-corrected chi connectivity index (χ0v) is 12.8. The maximum Gasteiger partial charge on any atom is 0.330 e. The summed E-state index contributed by atoms with van der Waals surface area (Å²) in [6.07, 6.45) is 0. The fourth-order valence-corrected chi connectivity index (χ4v) is 3.10. The summed E-state index contributed by atoms with van der Waals surface area (Å²) < 4.78 is 5.70. The summed E-state index contributed by atoms with van der Waals surface area (Å²) in [6, 6.07) is 10.7. The van der Waals surface area contributed by atoms with E-state index in [0.717, 1.165) is 15.1 Å². The second-order valence-electron chi connectivity index (χ2n) is 4.73. The molecule has 112 valence electrons. The van der Waals surface area contributed by atoms with Gasteiger partial charge in [0.25, 0.3) is 5.56 Å². The van der Waals surface area contributed by atoms with E-state index in [1.165, 1.54) is 18.4 Å². The summed E-state index contributed by atoms with van der Waals surface area (Å²) in [7, 11) is 1.27. The van der Waals surface area contributed by atoms with Crippen molar-refractivity contribution in [3.8, 4) is 10.4 Å². The van der Waals surface area contributed by atoms with Gasteiger partial charge in [0, 0.05) is 4.88 Å². The Morgan fingerprint density at radius 3 is 2.73 bits per heavy atom. The number of rotatable bonds is 3. The Kier molecular flexibility index (Phi) is 3.72. The molecule has 2 aromatic heterocycles. The van der Waals surface area contributed by atoms with E-state index in [4.69, 9.17) is 0 Å². The molecule has 1 atom stereocenters. The summed E-state index contributed by atoms with van der Waals surface area (Å²) in [5.41, 5.74) is 0.666. The highest BCUT2D eigenvalue weighted by Gasteiger charge is 2.20. The molecule has 0 spiro atoms. The van der Waals surface area contributed by atoms with Gasteiger partial charge in [-0.05, 0) is 18.6 Å². The van der Waals surface area contributed by atoms with Crippen LogP contribution in [-0.4, -0.2) is 28.1 Å². The van der Waals surface area contributed by atoms with Gasteiger partial charge in [-0.3, -0.25) is 4.79 Å². The van der Waals surface area contributed by atoms with E-state index >= 15 is 0 Å². The molecule has 2 heterocycles. The van der Waals surface area contributed by atoms with Crippen LogP contribution in [0, 0.1) is 0 Å². The average Bonchev–Trinajstić information content (AvgIpc) is 3.00. The number of fused-ring (bicyclic) bond motifs is 1. The van der Waals surface area contributed by atoms with E-state index < -0.39 is 12.0 Å². The molecule has 0 aliphatic carbocycles. The van der Waals surface area contributed by atoms with Crippen molar-refractivity contribution in [3.05, 3.63) is 46.8 Å². The van der Waals surface area contributed by atoms with Crippen molar-refractivity contribution in [3.63, 3.8) is 0 Å². The zero-order valence-electron chi connectivity index (χ0n) is 12.0. The molecule has 7 heteroatoms. The molecule has 0 fully saturated rings. The maximum atomic E-state index is 12.5. The summed E-state index contributed by atoms with van der Waals surface area (Å²) in [5, 5.41) is 8.35. The third kappa shape index (κ3) is 2.39. The van der Waals surface area contributed by atoms with Gasteiger partial charge in [0.05, 0.1) is 12.5 Å². The lowest BCUT2D eigenvalue weighted by molar-refractivity contribution is -0.144. The summed E-state index contributed by atoms with van der Waals surface area (Å²) in [6.45, 7) is 1.55. The number of carbonyl (C=O) groups excluding carboxylic acids is 1. The summed E-state index contributed by atoms with van der Waals surface area (Å²) >= 11 is 1.40. The lowest BCUT2D eigenvalue weighted by Crippen LogP contribution is -2.31. The van der Waals surface area contributed by atoms with Crippen LogP contribution in [0.5, 0.6) is 0 Å². The van der Waals surface area contributed by atoms with E-state index in [2.05, 4.69) is 15.0 Å². The highest BCUT2D eigenvalue weighted by Crippen LogP contribution is 2.30. The third-order valence-electron chi connectivity index (χ3n) is 3.35. The minimum atomic E-state index is -0.811. The number of thiophene rings is 1. The molecule has 1 aromatic carbocycles. The first-order chi connectivity index (χ1) is 10.6. The molecular weight excluding hydrogens is 302 g/mol. The first kappa shape index (κ1) is 14.4. The lowest BCUT2D eigenvalue weighted by Gasteiger charge is -2.09. The maximum absolute atomic E-state index is 12.5. The van der Waals surface area contributed by atoms with E-state index in [1.54, 1.807) is 13.0 Å². The standard InChI is InChI=1S/C15H13N3O3S/c1-9(15(20)21-2)18-14(19)11-8-12(22-13(11)16-17-18)10-6-4-3-5-7-10/h3-9H,1-2H3/t9-/m1/s1. The van der Waals surface area contributed by atoms with Gasteiger partial charge in [-0.1, -0.05) is 35.5 Å². The van der Waals surface area contributed by atoms with Crippen molar-refractivity contribution in [2.24, 2.45) is 0 Å². The van der Waals surface area contributed by atoms with Gasteiger partial charge in [0.15, 0.2) is 10.9 Å². The number of nitrogens with zero attached hydrogens (tertiary/aromatic N) is 3. The number of carbonyl (C=O) groups is 1. The molecule has 0 saturated heterocycles. The number of ether oxygens (including phenoxy) is 1. The van der Waals surface area contributed by atoms with Crippen molar-refractivity contribution in [2.75, 3.05) is 7.11 Å². The van der Waals surface area contributed by atoms with E-state index in [0.29, 0.717) is 10.2 Å². The topological polar surface area (TPSA) is 74.1 Å². The average molecular weight is 315 g/mol. The Balaban J connectivity index is 2.12. The van der Waals surface area contributed by atoms with Crippen LogP contribution in [0.1, 0.15) is 13.0 Å². The number of esters is 1. The zero-order chi connectivity index (χ0) is 15.7. The van der Waals surface area contributed by atoms with Crippen LogP contribution in [0.25, 0.3) is 20.7 Å². The second-order valence-corrected chi connectivity index (χ2v) is 5.76. The minimum Gasteiger partial charge on any atom is -0.467 e. The number of aromatic nitrogens is 3. The van der Waals surface area contributed by atoms with Crippen LogP contribution in [-0.2, 0) is 9.53 Å². The van der Waals surface area contributed by atoms with Crippen LogP contribution < -0.4 is 5.56 Å². The SMILES string of the molecule is COC(=O)[C@@H](C)n1nnc2sc(-c3ccccc3)cc2c1=O. The Hall–Kier alpha value is -2.54. The number of hydrogen-bond acceptors (Lipinski definition) is 6. The number of methoxy groups -OCH3 is 1. The fourth-order valence-electron chi connectivity index (χ4n) is 2.13. The quantitative estimate of drug-likeness (QED) is 0.693. The Bertz CT molecular complexity index is 886. The molecule has 3 rings (SSSR count). The van der Waals surface area contributed by atoms with Gasteiger partial charge < -0.3 is 4.74 Å². The molecule has 0 radical (unpaired) electrons. The summed E-state index contributed by atoms with van der Waals surface area (Å²) in [4.78, 5) is 25.6. The second kappa shape index (κ2) is 5.69. The molecule has 3 aromatic rings. The molecule has 0 bridgehead atoms. The monoisotopic (exact) mass is 315 g/mol. The summed E-state index contributed by atoms with van der Waals surface area (Å²) in [5.74, 6) is -0.533. The molecule has 0 unspecified atom stereocenters. The van der Waals surface area contributed by atoms with Crippen molar-refractivity contribution >= 4 is 27.5 Å². The molecular formula is C15H13N3O3S. The molecule has 0 saturated carbocycles. The van der Waals surface area contributed by atoms with Crippen molar-refractivity contribution in [2.45, 2.75) is 13.0 Å². The first-order valence-electron chi connectivity index (χ1n) is 6.64. The molecule has 0 amide bonds. The van der Waals surface area contributed by atoms with Crippen LogP contribution >= 0.6 is 11.3 Å². The molecule has 0 aliphatic rings. The largest absolute Gasteiger partial charge is 0.467 e. The third-order valence-corrected chi connectivity index (χ3v) is 4.42. The molecule has 0 aliphatic heterocycles. The Morgan fingerprint density at radius 2 is 2.05 bits per heavy atom. The van der Waals surface area contributed by atoms with Gasteiger partial charge in [-0.2, -0.15) is 4.68 Å².